The van der Waals surface area contributed by atoms with E-state index < -0.39 is 0 Å². The average molecular weight is 303 g/mol. The molecule has 2 aromatic rings. The van der Waals surface area contributed by atoms with Crippen LogP contribution >= 0.6 is 11.3 Å². The number of carbonyl (C=O) groups excluding carboxylic acids is 1. The minimum atomic E-state index is -0.205. The molecular weight excluding hydrogens is 282 g/mol. The van der Waals surface area contributed by atoms with E-state index in [1.54, 1.807) is 5.38 Å². The fourth-order valence-electron chi connectivity index (χ4n) is 1.97. The fraction of sp³-hybridized carbons (Fsp3) is 0.375. The van der Waals surface area contributed by atoms with Gasteiger partial charge in [-0.3, -0.25) is 4.79 Å². The first-order valence-electron chi connectivity index (χ1n) is 7.09. The Morgan fingerprint density at radius 3 is 2.71 bits per heavy atom. The molecule has 112 valence electrons. The molecule has 1 aromatic carbocycles. The smallest absolute Gasteiger partial charge is 0.270 e. The van der Waals surface area contributed by atoms with E-state index in [9.17, 15) is 4.79 Å². The van der Waals surface area contributed by atoms with Crippen LogP contribution in [-0.2, 0) is 6.42 Å². The quantitative estimate of drug-likeness (QED) is 0.862. The Hall–Kier alpha value is -1.72. The maximum Gasteiger partial charge on any atom is 0.270 e. The third-order valence-corrected chi connectivity index (χ3v) is 3.95. The van der Waals surface area contributed by atoms with Crippen LogP contribution in [0.2, 0.25) is 0 Å². The molecular formula is C16H21N3OS. The second-order valence-electron chi connectivity index (χ2n) is 5.45. The van der Waals surface area contributed by atoms with Gasteiger partial charge in [0, 0.05) is 24.4 Å². The Bertz CT molecular complexity index is 580. The van der Waals surface area contributed by atoms with Gasteiger partial charge in [-0.2, -0.15) is 0 Å². The number of nitrogens with zero attached hydrogens (tertiary/aromatic N) is 1. The Kier molecular flexibility index (Phi) is 5.47. The lowest BCUT2D eigenvalue weighted by atomic mass is 10.1. The lowest BCUT2D eigenvalue weighted by molar-refractivity contribution is 0.0946. The van der Waals surface area contributed by atoms with Crippen LogP contribution in [0.5, 0.6) is 0 Å². The van der Waals surface area contributed by atoms with E-state index in [0.717, 1.165) is 17.0 Å². The third kappa shape index (κ3) is 4.65. The Morgan fingerprint density at radius 2 is 2.05 bits per heavy atom. The number of hydrogen-bond donors (Lipinski definition) is 2. The number of aromatic nitrogens is 1. The highest BCUT2D eigenvalue weighted by atomic mass is 32.1. The van der Waals surface area contributed by atoms with Gasteiger partial charge in [-0.25, -0.2) is 4.98 Å². The minimum Gasteiger partial charge on any atom is -0.349 e. The lowest BCUT2D eigenvalue weighted by Crippen LogP contribution is -2.32. The second-order valence-corrected chi connectivity index (χ2v) is 6.39. The van der Waals surface area contributed by atoms with Crippen LogP contribution in [0.1, 0.15) is 40.9 Å². The van der Waals surface area contributed by atoms with E-state index in [-0.39, 0.29) is 11.9 Å². The molecule has 2 rings (SSSR count). The van der Waals surface area contributed by atoms with Gasteiger partial charge in [0.2, 0.25) is 0 Å². The number of amides is 1. The zero-order valence-electron chi connectivity index (χ0n) is 12.4. The molecule has 0 saturated heterocycles. The van der Waals surface area contributed by atoms with Gasteiger partial charge < -0.3 is 11.1 Å². The molecule has 0 spiro atoms. The molecule has 1 unspecified atom stereocenters. The number of carbonyl (C=O) groups is 1. The molecule has 0 radical (unpaired) electrons. The molecule has 5 heteroatoms. The van der Waals surface area contributed by atoms with Gasteiger partial charge in [0.05, 0.1) is 5.01 Å². The molecule has 4 nitrogen and oxygen atoms in total. The van der Waals surface area contributed by atoms with Crippen molar-refractivity contribution in [3.8, 4) is 0 Å². The standard InChI is InChI=1S/C16H21N3OS/c1-11(2)8-15-19-14(10-21-15)16(20)18-9-13(17)12-6-4-3-5-7-12/h3-7,10-11,13H,8-9,17H2,1-2H3,(H,18,20). The van der Waals surface area contributed by atoms with Gasteiger partial charge in [-0.15, -0.1) is 11.3 Å². The number of nitrogens with two attached hydrogens (primary N) is 1. The number of nitrogens with one attached hydrogen (secondary N) is 1. The molecule has 3 N–H and O–H groups in total. The molecule has 21 heavy (non-hydrogen) atoms. The number of benzene rings is 1. The first-order valence-corrected chi connectivity index (χ1v) is 7.97. The van der Waals surface area contributed by atoms with E-state index in [2.05, 4.69) is 24.1 Å². The summed E-state index contributed by atoms with van der Waals surface area (Å²) in [5, 5.41) is 5.65. The highest BCUT2D eigenvalue weighted by molar-refractivity contribution is 7.09. The summed E-state index contributed by atoms with van der Waals surface area (Å²) >= 11 is 1.53. The number of thiazole rings is 1. The van der Waals surface area contributed by atoms with Gasteiger partial charge in [-0.05, 0) is 11.5 Å². The molecule has 1 aromatic heterocycles. The van der Waals surface area contributed by atoms with Crippen molar-refractivity contribution >= 4 is 17.2 Å². The van der Waals surface area contributed by atoms with Crippen LogP contribution < -0.4 is 11.1 Å². The van der Waals surface area contributed by atoms with Gasteiger partial charge in [0.15, 0.2) is 0 Å². The zero-order chi connectivity index (χ0) is 15.2. The van der Waals surface area contributed by atoms with Gasteiger partial charge in [0.25, 0.3) is 5.91 Å². The third-order valence-electron chi connectivity index (χ3n) is 3.08. The monoisotopic (exact) mass is 303 g/mol. The summed E-state index contributed by atoms with van der Waals surface area (Å²) in [6, 6.07) is 9.54. The topological polar surface area (TPSA) is 68.0 Å². The van der Waals surface area contributed by atoms with Crippen molar-refractivity contribution in [2.75, 3.05) is 6.54 Å². The molecule has 1 heterocycles. The maximum atomic E-state index is 12.1. The van der Waals surface area contributed by atoms with Crippen LogP contribution in [0.3, 0.4) is 0 Å². The number of rotatable bonds is 6. The molecule has 1 atom stereocenters. The normalized spacial score (nSPS) is 12.4. The van der Waals surface area contributed by atoms with Gasteiger partial charge >= 0.3 is 0 Å². The molecule has 1 amide bonds. The predicted octanol–water partition coefficient (Wildman–Crippen LogP) is 2.77. The van der Waals surface area contributed by atoms with Crippen LogP contribution in [0.25, 0.3) is 0 Å². The van der Waals surface area contributed by atoms with Crippen molar-refractivity contribution in [2.24, 2.45) is 11.7 Å². The summed E-state index contributed by atoms with van der Waals surface area (Å²) in [4.78, 5) is 16.4. The van der Waals surface area contributed by atoms with Crippen molar-refractivity contribution < 1.29 is 4.79 Å². The predicted molar refractivity (Wildman–Crippen MR) is 86.4 cm³/mol. The molecule has 0 fully saturated rings. The molecule has 0 saturated carbocycles. The largest absolute Gasteiger partial charge is 0.349 e. The second kappa shape index (κ2) is 7.33. The first kappa shape index (κ1) is 15.7. The zero-order valence-corrected chi connectivity index (χ0v) is 13.2. The van der Waals surface area contributed by atoms with Crippen molar-refractivity contribution in [1.82, 2.24) is 10.3 Å². The molecule has 0 aliphatic heterocycles. The van der Waals surface area contributed by atoms with E-state index in [1.807, 2.05) is 30.3 Å². The highest BCUT2D eigenvalue weighted by Crippen LogP contribution is 2.14. The SMILES string of the molecule is CC(C)Cc1nc(C(=O)NCC(N)c2ccccc2)cs1. The van der Waals surface area contributed by atoms with Crippen LogP contribution in [-0.4, -0.2) is 17.4 Å². The minimum absolute atomic E-state index is 0.160. The van der Waals surface area contributed by atoms with Gasteiger partial charge in [-0.1, -0.05) is 44.2 Å². The Balaban J connectivity index is 1.88. The summed E-state index contributed by atoms with van der Waals surface area (Å²) in [6.07, 6.45) is 0.904. The van der Waals surface area contributed by atoms with Crippen molar-refractivity contribution in [2.45, 2.75) is 26.3 Å². The van der Waals surface area contributed by atoms with E-state index >= 15 is 0 Å². The summed E-state index contributed by atoms with van der Waals surface area (Å²) in [5.74, 6) is 0.381. The highest BCUT2D eigenvalue weighted by Gasteiger charge is 2.13. The summed E-state index contributed by atoms with van der Waals surface area (Å²) < 4.78 is 0. The summed E-state index contributed by atoms with van der Waals surface area (Å²) in [6.45, 7) is 4.68. The molecule has 0 bridgehead atoms. The van der Waals surface area contributed by atoms with Gasteiger partial charge in [0.1, 0.15) is 5.69 Å². The van der Waals surface area contributed by atoms with Crippen LogP contribution in [0, 0.1) is 5.92 Å². The fourth-order valence-corrected chi connectivity index (χ4v) is 2.96. The van der Waals surface area contributed by atoms with E-state index in [1.165, 1.54) is 11.3 Å². The van der Waals surface area contributed by atoms with E-state index in [0.29, 0.717) is 18.2 Å². The van der Waals surface area contributed by atoms with Crippen LogP contribution in [0.15, 0.2) is 35.7 Å². The van der Waals surface area contributed by atoms with Crippen molar-refractivity contribution in [3.05, 3.63) is 52.0 Å². The Morgan fingerprint density at radius 1 is 1.33 bits per heavy atom. The number of hydrogen-bond acceptors (Lipinski definition) is 4. The summed E-state index contributed by atoms with van der Waals surface area (Å²) in [7, 11) is 0. The van der Waals surface area contributed by atoms with Crippen molar-refractivity contribution in [3.63, 3.8) is 0 Å². The van der Waals surface area contributed by atoms with E-state index in [4.69, 9.17) is 5.73 Å². The first-order chi connectivity index (χ1) is 10.1. The maximum absolute atomic E-state index is 12.1. The van der Waals surface area contributed by atoms with Crippen molar-refractivity contribution in [1.29, 1.82) is 0 Å². The lowest BCUT2D eigenvalue weighted by Gasteiger charge is -2.12. The molecule has 0 aliphatic rings. The molecule has 0 aliphatic carbocycles. The summed E-state index contributed by atoms with van der Waals surface area (Å²) in [5.41, 5.74) is 7.55. The van der Waals surface area contributed by atoms with Crippen LogP contribution in [0.4, 0.5) is 0 Å². The average Bonchev–Trinajstić information content (AvgIpc) is 2.93. The Labute approximate surface area is 129 Å².